The third-order valence-electron chi connectivity index (χ3n) is 3.68. The van der Waals surface area contributed by atoms with Gasteiger partial charge in [-0.2, -0.15) is 0 Å². The molecule has 0 amide bonds. The molecule has 0 aliphatic carbocycles. The summed E-state index contributed by atoms with van der Waals surface area (Å²) in [4.78, 5) is 0. The summed E-state index contributed by atoms with van der Waals surface area (Å²) in [6, 6.07) is 0.776. The van der Waals surface area contributed by atoms with Gasteiger partial charge in [0, 0.05) is 6.04 Å². The normalized spacial score (nSPS) is 13.2. The first kappa shape index (κ1) is 18.0. The Kier molecular flexibility index (Phi) is 13.4. The SMILES string of the molecule is CCCCCCCCC(CCC(C)C)NCCC. The molecule has 18 heavy (non-hydrogen) atoms. The molecule has 0 bridgehead atoms. The largest absolute Gasteiger partial charge is 0.314 e. The fourth-order valence-electron chi connectivity index (χ4n) is 2.40. The summed E-state index contributed by atoms with van der Waals surface area (Å²) in [6.07, 6.45) is 13.9. The smallest absolute Gasteiger partial charge is 0.00671 e. The number of unbranched alkanes of at least 4 members (excludes halogenated alkanes) is 5. The lowest BCUT2D eigenvalue weighted by Gasteiger charge is -2.19. The Labute approximate surface area is 116 Å². The molecule has 0 aromatic carbocycles. The monoisotopic (exact) mass is 255 g/mol. The maximum atomic E-state index is 3.73. The lowest BCUT2D eigenvalue weighted by atomic mass is 9.98. The Morgan fingerprint density at radius 2 is 1.39 bits per heavy atom. The average molecular weight is 255 g/mol. The zero-order chi connectivity index (χ0) is 13.6. The number of hydrogen-bond donors (Lipinski definition) is 1. The molecule has 0 saturated carbocycles. The van der Waals surface area contributed by atoms with Gasteiger partial charge < -0.3 is 5.32 Å². The molecule has 0 rings (SSSR count). The second kappa shape index (κ2) is 13.4. The molecule has 0 heterocycles. The van der Waals surface area contributed by atoms with E-state index < -0.39 is 0 Å². The van der Waals surface area contributed by atoms with E-state index >= 15 is 0 Å². The van der Waals surface area contributed by atoms with Crippen molar-refractivity contribution in [2.24, 2.45) is 5.92 Å². The molecule has 1 nitrogen and oxygen atoms in total. The minimum Gasteiger partial charge on any atom is -0.314 e. The predicted octanol–water partition coefficient (Wildman–Crippen LogP) is 5.54. The molecule has 1 unspecified atom stereocenters. The Hall–Kier alpha value is -0.0400. The van der Waals surface area contributed by atoms with E-state index in [1.54, 1.807) is 0 Å². The van der Waals surface area contributed by atoms with Gasteiger partial charge in [-0.05, 0) is 38.1 Å². The highest BCUT2D eigenvalue weighted by Crippen LogP contribution is 2.14. The molecule has 1 atom stereocenters. The number of nitrogens with one attached hydrogen (secondary N) is 1. The van der Waals surface area contributed by atoms with E-state index in [-0.39, 0.29) is 0 Å². The Bertz CT molecular complexity index is 154. The van der Waals surface area contributed by atoms with E-state index in [2.05, 4.69) is 33.0 Å². The second-order valence-corrected chi connectivity index (χ2v) is 6.18. The first-order valence-electron chi connectivity index (χ1n) is 8.44. The summed E-state index contributed by atoms with van der Waals surface area (Å²) in [6.45, 7) is 10.4. The standard InChI is InChI=1S/C17H37N/c1-5-7-8-9-10-11-12-17(18-15-6-2)14-13-16(3)4/h16-18H,5-15H2,1-4H3. The Balaban J connectivity index is 3.58. The first-order chi connectivity index (χ1) is 8.70. The minimum atomic E-state index is 0.776. The molecule has 0 aromatic heterocycles. The maximum Gasteiger partial charge on any atom is 0.00671 e. The Morgan fingerprint density at radius 1 is 0.722 bits per heavy atom. The van der Waals surface area contributed by atoms with Crippen LogP contribution in [0.4, 0.5) is 0 Å². The van der Waals surface area contributed by atoms with Crippen LogP contribution in [0, 0.1) is 5.92 Å². The maximum absolute atomic E-state index is 3.73. The summed E-state index contributed by atoms with van der Waals surface area (Å²) in [7, 11) is 0. The predicted molar refractivity (Wildman–Crippen MR) is 84.1 cm³/mol. The Morgan fingerprint density at radius 3 is 2.00 bits per heavy atom. The summed E-state index contributed by atoms with van der Waals surface area (Å²) in [5.41, 5.74) is 0. The van der Waals surface area contributed by atoms with Crippen molar-refractivity contribution < 1.29 is 0 Å². The van der Waals surface area contributed by atoms with E-state index in [0.29, 0.717) is 0 Å². The highest BCUT2D eigenvalue weighted by Gasteiger charge is 2.08. The molecular weight excluding hydrogens is 218 g/mol. The molecule has 0 fully saturated rings. The lowest BCUT2D eigenvalue weighted by molar-refractivity contribution is 0.396. The van der Waals surface area contributed by atoms with Crippen LogP contribution >= 0.6 is 0 Å². The highest BCUT2D eigenvalue weighted by molar-refractivity contribution is 4.67. The fraction of sp³-hybridized carbons (Fsp3) is 1.00. The van der Waals surface area contributed by atoms with Crippen molar-refractivity contribution in [3.05, 3.63) is 0 Å². The van der Waals surface area contributed by atoms with Gasteiger partial charge in [0.05, 0.1) is 0 Å². The van der Waals surface area contributed by atoms with Crippen molar-refractivity contribution in [3.63, 3.8) is 0 Å². The molecule has 110 valence electrons. The van der Waals surface area contributed by atoms with Crippen LogP contribution in [0.5, 0.6) is 0 Å². The lowest BCUT2D eigenvalue weighted by Crippen LogP contribution is -2.30. The van der Waals surface area contributed by atoms with Crippen molar-refractivity contribution in [1.29, 1.82) is 0 Å². The minimum absolute atomic E-state index is 0.776. The number of hydrogen-bond acceptors (Lipinski definition) is 1. The molecule has 1 heteroatoms. The van der Waals surface area contributed by atoms with Gasteiger partial charge in [0.2, 0.25) is 0 Å². The molecule has 0 spiro atoms. The first-order valence-corrected chi connectivity index (χ1v) is 8.44. The molecular formula is C17H37N. The van der Waals surface area contributed by atoms with Crippen LogP contribution in [0.15, 0.2) is 0 Å². The van der Waals surface area contributed by atoms with E-state index in [9.17, 15) is 0 Å². The third-order valence-corrected chi connectivity index (χ3v) is 3.68. The van der Waals surface area contributed by atoms with Gasteiger partial charge in [-0.15, -0.1) is 0 Å². The van der Waals surface area contributed by atoms with E-state index in [1.165, 1.54) is 70.8 Å². The van der Waals surface area contributed by atoms with Gasteiger partial charge in [0.1, 0.15) is 0 Å². The van der Waals surface area contributed by atoms with Crippen molar-refractivity contribution in [2.45, 2.75) is 97.9 Å². The van der Waals surface area contributed by atoms with E-state index in [1.807, 2.05) is 0 Å². The van der Waals surface area contributed by atoms with Crippen LogP contribution in [-0.2, 0) is 0 Å². The molecule has 0 aromatic rings. The van der Waals surface area contributed by atoms with Crippen LogP contribution in [0.1, 0.15) is 91.9 Å². The summed E-state index contributed by atoms with van der Waals surface area (Å²) in [5, 5.41) is 3.73. The van der Waals surface area contributed by atoms with Crippen LogP contribution in [0.3, 0.4) is 0 Å². The van der Waals surface area contributed by atoms with Crippen LogP contribution in [-0.4, -0.2) is 12.6 Å². The van der Waals surface area contributed by atoms with Crippen LogP contribution in [0.2, 0.25) is 0 Å². The van der Waals surface area contributed by atoms with Gasteiger partial charge in [-0.25, -0.2) is 0 Å². The van der Waals surface area contributed by atoms with Gasteiger partial charge in [0.15, 0.2) is 0 Å². The van der Waals surface area contributed by atoms with E-state index in [4.69, 9.17) is 0 Å². The molecule has 0 aliphatic rings. The van der Waals surface area contributed by atoms with Gasteiger partial charge in [-0.1, -0.05) is 66.2 Å². The van der Waals surface area contributed by atoms with Gasteiger partial charge in [0.25, 0.3) is 0 Å². The van der Waals surface area contributed by atoms with Crippen molar-refractivity contribution >= 4 is 0 Å². The van der Waals surface area contributed by atoms with Crippen LogP contribution in [0.25, 0.3) is 0 Å². The van der Waals surface area contributed by atoms with Crippen molar-refractivity contribution in [1.82, 2.24) is 5.32 Å². The molecule has 0 saturated heterocycles. The van der Waals surface area contributed by atoms with Crippen molar-refractivity contribution in [2.75, 3.05) is 6.54 Å². The quantitative estimate of drug-likeness (QED) is 0.426. The molecule has 0 radical (unpaired) electrons. The topological polar surface area (TPSA) is 12.0 Å². The van der Waals surface area contributed by atoms with Crippen molar-refractivity contribution in [3.8, 4) is 0 Å². The summed E-state index contributed by atoms with van der Waals surface area (Å²) < 4.78 is 0. The molecule has 0 aliphatic heterocycles. The fourth-order valence-corrected chi connectivity index (χ4v) is 2.40. The highest BCUT2D eigenvalue weighted by atomic mass is 14.9. The number of rotatable bonds is 13. The van der Waals surface area contributed by atoms with Gasteiger partial charge >= 0.3 is 0 Å². The average Bonchev–Trinajstić information content (AvgIpc) is 2.35. The van der Waals surface area contributed by atoms with Gasteiger partial charge in [-0.3, -0.25) is 0 Å². The third kappa shape index (κ3) is 12.4. The molecule has 1 N–H and O–H groups in total. The second-order valence-electron chi connectivity index (χ2n) is 6.18. The zero-order valence-corrected chi connectivity index (χ0v) is 13.4. The van der Waals surface area contributed by atoms with Crippen LogP contribution < -0.4 is 5.32 Å². The summed E-state index contributed by atoms with van der Waals surface area (Å²) >= 11 is 0. The zero-order valence-electron chi connectivity index (χ0n) is 13.4. The van der Waals surface area contributed by atoms with E-state index in [0.717, 1.165) is 12.0 Å². The summed E-state index contributed by atoms with van der Waals surface area (Å²) in [5.74, 6) is 0.848.